The van der Waals surface area contributed by atoms with Crippen LogP contribution in [0.25, 0.3) is 0 Å². The topological polar surface area (TPSA) is 39.7 Å². The first-order chi connectivity index (χ1) is 8.15. The molecule has 96 valence electrons. The Morgan fingerprint density at radius 2 is 1.59 bits per heavy atom. The molecule has 1 unspecified atom stereocenters. The van der Waals surface area contributed by atoms with Gasteiger partial charge in [-0.3, -0.25) is 0 Å². The summed E-state index contributed by atoms with van der Waals surface area (Å²) in [5.41, 5.74) is 1.05. The first-order valence-corrected chi connectivity index (χ1v) is 5.62. The molecule has 0 aliphatic rings. The van der Waals surface area contributed by atoms with Crippen LogP contribution in [0.5, 0.6) is 17.2 Å². The average molecular weight is 239 g/mol. The molecule has 0 amide bonds. The smallest absolute Gasteiger partial charge is 0.129 e. The highest BCUT2D eigenvalue weighted by Crippen LogP contribution is 2.34. The molecule has 0 fully saturated rings. The van der Waals surface area contributed by atoms with Gasteiger partial charge in [-0.2, -0.15) is 0 Å². The monoisotopic (exact) mass is 239 g/mol. The van der Waals surface area contributed by atoms with Crippen LogP contribution >= 0.6 is 0 Å². The van der Waals surface area contributed by atoms with Gasteiger partial charge in [-0.15, -0.1) is 0 Å². The van der Waals surface area contributed by atoms with Crippen LogP contribution in [0.15, 0.2) is 12.1 Å². The third-order valence-corrected chi connectivity index (χ3v) is 2.82. The van der Waals surface area contributed by atoms with Gasteiger partial charge in [0.15, 0.2) is 0 Å². The maximum Gasteiger partial charge on any atom is 0.129 e. The van der Waals surface area contributed by atoms with Crippen molar-refractivity contribution in [1.29, 1.82) is 0 Å². The molecule has 4 heteroatoms. The second-order valence-corrected chi connectivity index (χ2v) is 3.90. The molecule has 1 atom stereocenters. The van der Waals surface area contributed by atoms with Gasteiger partial charge < -0.3 is 19.5 Å². The minimum Gasteiger partial charge on any atom is -0.496 e. The molecule has 0 heterocycles. The fourth-order valence-electron chi connectivity index (χ4n) is 1.69. The average Bonchev–Trinajstić information content (AvgIpc) is 2.38. The minimum absolute atomic E-state index is 0.353. The standard InChI is InChI=1S/C13H21NO3/c1-9(14-2)6-11-12(16-4)7-10(15-3)8-13(11)17-5/h7-9,14H,6H2,1-5H3. The maximum absolute atomic E-state index is 5.39. The van der Waals surface area contributed by atoms with E-state index >= 15 is 0 Å². The lowest BCUT2D eigenvalue weighted by molar-refractivity contribution is 0.366. The van der Waals surface area contributed by atoms with Gasteiger partial charge in [-0.05, 0) is 20.4 Å². The van der Waals surface area contributed by atoms with E-state index in [-0.39, 0.29) is 0 Å². The second kappa shape index (κ2) is 6.35. The Kier molecular flexibility index (Phi) is 5.10. The van der Waals surface area contributed by atoms with Gasteiger partial charge in [0.2, 0.25) is 0 Å². The van der Waals surface area contributed by atoms with Crippen LogP contribution < -0.4 is 19.5 Å². The molecule has 0 saturated heterocycles. The summed E-state index contributed by atoms with van der Waals surface area (Å²) in [6, 6.07) is 4.10. The molecular formula is C13H21NO3. The van der Waals surface area contributed by atoms with E-state index < -0.39 is 0 Å². The fourth-order valence-corrected chi connectivity index (χ4v) is 1.69. The summed E-state index contributed by atoms with van der Waals surface area (Å²) in [5, 5.41) is 3.20. The zero-order valence-corrected chi connectivity index (χ0v) is 11.2. The van der Waals surface area contributed by atoms with Crippen LogP contribution in [0, 0.1) is 0 Å². The molecule has 0 saturated carbocycles. The van der Waals surface area contributed by atoms with Crippen molar-refractivity contribution in [1.82, 2.24) is 5.32 Å². The van der Waals surface area contributed by atoms with E-state index in [9.17, 15) is 0 Å². The van der Waals surface area contributed by atoms with E-state index in [0.717, 1.165) is 29.2 Å². The van der Waals surface area contributed by atoms with Gasteiger partial charge in [0.05, 0.1) is 21.3 Å². The first-order valence-electron chi connectivity index (χ1n) is 5.62. The highest BCUT2D eigenvalue weighted by Gasteiger charge is 2.15. The number of nitrogens with one attached hydrogen (secondary N) is 1. The molecule has 0 aliphatic carbocycles. The van der Waals surface area contributed by atoms with Gasteiger partial charge in [-0.25, -0.2) is 0 Å². The van der Waals surface area contributed by atoms with E-state index in [0.29, 0.717) is 6.04 Å². The predicted molar refractivity (Wildman–Crippen MR) is 68.3 cm³/mol. The molecular weight excluding hydrogens is 218 g/mol. The fraction of sp³-hybridized carbons (Fsp3) is 0.538. The molecule has 1 aromatic rings. The van der Waals surface area contributed by atoms with E-state index in [2.05, 4.69) is 12.2 Å². The van der Waals surface area contributed by atoms with Crippen molar-refractivity contribution in [3.05, 3.63) is 17.7 Å². The van der Waals surface area contributed by atoms with Crippen LogP contribution in [0.1, 0.15) is 12.5 Å². The molecule has 1 rings (SSSR count). The first kappa shape index (κ1) is 13.6. The molecule has 4 nitrogen and oxygen atoms in total. The Labute approximate surface area is 103 Å². The summed E-state index contributed by atoms with van der Waals surface area (Å²) < 4.78 is 16.0. The number of likely N-dealkylation sites (N-methyl/N-ethyl adjacent to an activating group) is 1. The Bertz CT molecular complexity index is 341. The molecule has 0 bridgehead atoms. The van der Waals surface area contributed by atoms with Crippen molar-refractivity contribution in [3.8, 4) is 17.2 Å². The normalized spacial score (nSPS) is 12.1. The van der Waals surface area contributed by atoms with Crippen molar-refractivity contribution < 1.29 is 14.2 Å². The number of hydrogen-bond acceptors (Lipinski definition) is 4. The maximum atomic E-state index is 5.39. The van der Waals surface area contributed by atoms with E-state index in [1.165, 1.54) is 0 Å². The van der Waals surface area contributed by atoms with Crippen molar-refractivity contribution in [3.63, 3.8) is 0 Å². The Balaban J connectivity index is 3.15. The summed E-state index contributed by atoms with van der Waals surface area (Å²) in [5.74, 6) is 2.33. The molecule has 1 N–H and O–H groups in total. The van der Waals surface area contributed by atoms with Gasteiger partial charge in [0, 0.05) is 23.7 Å². The number of hydrogen-bond donors (Lipinski definition) is 1. The van der Waals surface area contributed by atoms with E-state index in [1.54, 1.807) is 21.3 Å². The largest absolute Gasteiger partial charge is 0.496 e. The molecule has 1 aromatic carbocycles. The van der Waals surface area contributed by atoms with Gasteiger partial charge in [0.25, 0.3) is 0 Å². The highest BCUT2D eigenvalue weighted by molar-refractivity contribution is 5.51. The molecule has 0 spiro atoms. The summed E-state index contributed by atoms with van der Waals surface area (Å²) >= 11 is 0. The van der Waals surface area contributed by atoms with E-state index in [1.807, 2.05) is 19.2 Å². The number of rotatable bonds is 6. The lowest BCUT2D eigenvalue weighted by atomic mass is 10.0. The van der Waals surface area contributed by atoms with Crippen molar-refractivity contribution in [2.45, 2.75) is 19.4 Å². The third-order valence-electron chi connectivity index (χ3n) is 2.82. The minimum atomic E-state index is 0.353. The quantitative estimate of drug-likeness (QED) is 0.822. The SMILES string of the molecule is CNC(C)Cc1c(OC)cc(OC)cc1OC. The Morgan fingerprint density at radius 1 is 1.06 bits per heavy atom. The van der Waals surface area contributed by atoms with Crippen LogP contribution in [0.4, 0.5) is 0 Å². The Hall–Kier alpha value is -1.42. The Morgan fingerprint density at radius 3 is 1.94 bits per heavy atom. The number of ether oxygens (including phenoxy) is 3. The zero-order valence-electron chi connectivity index (χ0n) is 11.2. The van der Waals surface area contributed by atoms with Crippen molar-refractivity contribution in [2.75, 3.05) is 28.4 Å². The number of methoxy groups -OCH3 is 3. The number of benzene rings is 1. The van der Waals surface area contributed by atoms with Crippen LogP contribution in [0.2, 0.25) is 0 Å². The predicted octanol–water partition coefficient (Wildman–Crippen LogP) is 1.86. The molecule has 17 heavy (non-hydrogen) atoms. The molecule has 0 aromatic heterocycles. The van der Waals surface area contributed by atoms with Crippen LogP contribution in [-0.4, -0.2) is 34.4 Å². The highest BCUT2D eigenvalue weighted by atomic mass is 16.5. The zero-order chi connectivity index (χ0) is 12.8. The summed E-state index contributed by atoms with van der Waals surface area (Å²) in [7, 11) is 6.88. The summed E-state index contributed by atoms with van der Waals surface area (Å²) in [6.45, 7) is 2.11. The van der Waals surface area contributed by atoms with E-state index in [4.69, 9.17) is 14.2 Å². The second-order valence-electron chi connectivity index (χ2n) is 3.90. The van der Waals surface area contributed by atoms with Gasteiger partial charge in [-0.1, -0.05) is 0 Å². The van der Waals surface area contributed by atoms with Crippen molar-refractivity contribution >= 4 is 0 Å². The third kappa shape index (κ3) is 3.27. The van der Waals surface area contributed by atoms with Gasteiger partial charge >= 0.3 is 0 Å². The molecule has 0 radical (unpaired) electrons. The van der Waals surface area contributed by atoms with Crippen LogP contribution in [-0.2, 0) is 6.42 Å². The van der Waals surface area contributed by atoms with Gasteiger partial charge in [0.1, 0.15) is 17.2 Å². The lowest BCUT2D eigenvalue weighted by Crippen LogP contribution is -2.24. The summed E-state index contributed by atoms with van der Waals surface area (Å²) in [4.78, 5) is 0. The lowest BCUT2D eigenvalue weighted by Gasteiger charge is -2.17. The summed E-state index contributed by atoms with van der Waals surface area (Å²) in [6.07, 6.45) is 0.840. The molecule has 0 aliphatic heterocycles. The van der Waals surface area contributed by atoms with Crippen LogP contribution in [0.3, 0.4) is 0 Å². The van der Waals surface area contributed by atoms with Crippen molar-refractivity contribution in [2.24, 2.45) is 0 Å².